The minimum Gasteiger partial charge on any atom is -0.380 e. The van der Waals surface area contributed by atoms with Crippen molar-refractivity contribution in [3.8, 4) is 0 Å². The van der Waals surface area contributed by atoms with Gasteiger partial charge in [-0.3, -0.25) is 4.79 Å². The van der Waals surface area contributed by atoms with Crippen molar-refractivity contribution < 1.29 is 4.79 Å². The van der Waals surface area contributed by atoms with Gasteiger partial charge in [0.15, 0.2) is 0 Å². The summed E-state index contributed by atoms with van der Waals surface area (Å²) in [6.07, 6.45) is 0. The molecule has 0 fully saturated rings. The Bertz CT molecular complexity index is 626. The summed E-state index contributed by atoms with van der Waals surface area (Å²) in [6, 6.07) is 11.9. The van der Waals surface area contributed by atoms with Gasteiger partial charge in [0.1, 0.15) is 0 Å². The lowest BCUT2D eigenvalue weighted by Crippen LogP contribution is -2.17. The summed E-state index contributed by atoms with van der Waals surface area (Å²) < 4.78 is 0. The van der Waals surface area contributed by atoms with E-state index in [1.54, 1.807) is 7.05 Å². The molecule has 2 rings (SSSR count). The van der Waals surface area contributed by atoms with Crippen molar-refractivity contribution in [2.75, 3.05) is 12.4 Å². The molecule has 0 saturated heterocycles. The highest BCUT2D eigenvalue weighted by Crippen LogP contribution is 2.29. The number of amides is 1. The first-order valence-electron chi connectivity index (χ1n) is 7.05. The predicted molar refractivity (Wildman–Crippen MR) is 90.2 cm³/mol. The Morgan fingerprint density at radius 1 is 1.19 bits per heavy atom. The van der Waals surface area contributed by atoms with E-state index in [9.17, 15) is 4.79 Å². The van der Waals surface area contributed by atoms with E-state index in [-0.39, 0.29) is 11.3 Å². The van der Waals surface area contributed by atoms with Gasteiger partial charge in [-0.05, 0) is 35.7 Å². The number of carbonyl (C=O) groups excluding carboxylic acids is 1. The smallest absolute Gasteiger partial charge is 0.251 e. The van der Waals surface area contributed by atoms with Gasteiger partial charge in [0, 0.05) is 34.6 Å². The first-order chi connectivity index (χ1) is 9.90. The van der Waals surface area contributed by atoms with Crippen LogP contribution < -0.4 is 10.6 Å². The average Bonchev–Trinajstić information content (AvgIpc) is 2.93. The van der Waals surface area contributed by atoms with Crippen LogP contribution in [0.3, 0.4) is 0 Å². The van der Waals surface area contributed by atoms with Crippen molar-refractivity contribution in [2.45, 2.75) is 32.7 Å². The van der Waals surface area contributed by atoms with E-state index < -0.39 is 0 Å². The van der Waals surface area contributed by atoms with Crippen LogP contribution in [0.15, 0.2) is 36.4 Å². The second-order valence-electron chi connectivity index (χ2n) is 6.03. The molecule has 0 radical (unpaired) electrons. The lowest BCUT2D eigenvalue weighted by Gasteiger charge is -2.15. The van der Waals surface area contributed by atoms with Gasteiger partial charge in [0.25, 0.3) is 5.91 Å². The van der Waals surface area contributed by atoms with Crippen molar-refractivity contribution in [3.05, 3.63) is 51.7 Å². The molecule has 1 amide bonds. The van der Waals surface area contributed by atoms with Gasteiger partial charge in [0.05, 0.1) is 0 Å². The molecule has 0 aliphatic heterocycles. The summed E-state index contributed by atoms with van der Waals surface area (Å²) in [7, 11) is 1.64. The molecule has 0 aliphatic carbocycles. The number of benzene rings is 1. The molecule has 0 aliphatic rings. The third kappa shape index (κ3) is 4.08. The quantitative estimate of drug-likeness (QED) is 0.895. The first kappa shape index (κ1) is 15.6. The maximum atomic E-state index is 11.6. The largest absolute Gasteiger partial charge is 0.380 e. The molecule has 2 aromatic rings. The second kappa shape index (κ2) is 6.31. The highest BCUT2D eigenvalue weighted by Gasteiger charge is 2.15. The van der Waals surface area contributed by atoms with Gasteiger partial charge in [-0.25, -0.2) is 0 Å². The van der Waals surface area contributed by atoms with Gasteiger partial charge in [-0.1, -0.05) is 26.8 Å². The zero-order chi connectivity index (χ0) is 15.5. The van der Waals surface area contributed by atoms with Crippen LogP contribution in [0.4, 0.5) is 5.69 Å². The van der Waals surface area contributed by atoms with E-state index in [1.165, 1.54) is 9.75 Å². The summed E-state index contributed by atoms with van der Waals surface area (Å²) in [5.41, 5.74) is 1.83. The highest BCUT2D eigenvalue weighted by molar-refractivity contribution is 7.12. The van der Waals surface area contributed by atoms with Crippen LogP contribution in [0.2, 0.25) is 0 Å². The van der Waals surface area contributed by atoms with Crippen molar-refractivity contribution in [2.24, 2.45) is 0 Å². The zero-order valence-electron chi connectivity index (χ0n) is 13.0. The van der Waals surface area contributed by atoms with Crippen LogP contribution in [-0.4, -0.2) is 13.0 Å². The average molecular weight is 302 g/mol. The summed E-state index contributed by atoms with van der Waals surface area (Å²) in [5.74, 6) is -0.0650. The summed E-state index contributed by atoms with van der Waals surface area (Å²) >= 11 is 1.83. The molecule has 0 bridgehead atoms. The van der Waals surface area contributed by atoms with Crippen LogP contribution in [-0.2, 0) is 12.0 Å². The topological polar surface area (TPSA) is 41.1 Å². The Kier molecular flexibility index (Phi) is 4.68. The molecule has 1 aromatic heterocycles. The van der Waals surface area contributed by atoms with E-state index in [0.717, 1.165) is 12.2 Å². The molecule has 0 saturated carbocycles. The number of hydrogen-bond donors (Lipinski definition) is 2. The van der Waals surface area contributed by atoms with Gasteiger partial charge >= 0.3 is 0 Å². The molecule has 0 unspecified atom stereocenters. The maximum absolute atomic E-state index is 11.6. The molecule has 1 heterocycles. The zero-order valence-corrected chi connectivity index (χ0v) is 13.8. The first-order valence-corrected chi connectivity index (χ1v) is 7.87. The van der Waals surface area contributed by atoms with Crippen molar-refractivity contribution in [1.29, 1.82) is 0 Å². The Balaban J connectivity index is 2.03. The molecule has 1 aromatic carbocycles. The Hall–Kier alpha value is -1.81. The summed E-state index contributed by atoms with van der Waals surface area (Å²) in [5, 5.41) is 6.01. The number of carbonyl (C=O) groups is 1. The highest BCUT2D eigenvalue weighted by atomic mass is 32.1. The minimum absolute atomic E-state index is 0.0650. The van der Waals surface area contributed by atoms with Crippen molar-refractivity contribution in [3.63, 3.8) is 0 Å². The summed E-state index contributed by atoms with van der Waals surface area (Å²) in [4.78, 5) is 14.3. The summed E-state index contributed by atoms with van der Waals surface area (Å²) in [6.45, 7) is 7.45. The number of hydrogen-bond acceptors (Lipinski definition) is 3. The SMILES string of the molecule is CNC(=O)c1cccc(NCc2ccc(C(C)(C)C)s2)c1. The molecule has 4 heteroatoms. The number of nitrogens with one attached hydrogen (secondary N) is 2. The maximum Gasteiger partial charge on any atom is 0.251 e. The Morgan fingerprint density at radius 3 is 2.57 bits per heavy atom. The third-order valence-electron chi connectivity index (χ3n) is 3.22. The predicted octanol–water partition coefficient (Wildman–Crippen LogP) is 4.02. The van der Waals surface area contributed by atoms with Crippen LogP contribution in [0.5, 0.6) is 0 Å². The van der Waals surface area contributed by atoms with Crippen molar-refractivity contribution in [1.82, 2.24) is 5.32 Å². The standard InChI is InChI=1S/C17H22N2OS/c1-17(2,3)15-9-8-14(21-15)11-19-13-7-5-6-12(10-13)16(20)18-4/h5-10,19H,11H2,1-4H3,(H,18,20). The fourth-order valence-electron chi connectivity index (χ4n) is 1.98. The molecule has 21 heavy (non-hydrogen) atoms. The van der Waals surface area contributed by atoms with E-state index in [2.05, 4.69) is 43.5 Å². The second-order valence-corrected chi connectivity index (χ2v) is 7.20. The van der Waals surface area contributed by atoms with E-state index in [0.29, 0.717) is 5.56 Å². The van der Waals surface area contributed by atoms with Gasteiger partial charge < -0.3 is 10.6 Å². The molecular weight excluding hydrogens is 280 g/mol. The molecular formula is C17H22N2OS. The normalized spacial score (nSPS) is 11.2. The van der Waals surface area contributed by atoms with Crippen LogP contribution in [0.25, 0.3) is 0 Å². The minimum atomic E-state index is -0.0650. The monoisotopic (exact) mass is 302 g/mol. The van der Waals surface area contributed by atoms with E-state index in [4.69, 9.17) is 0 Å². The van der Waals surface area contributed by atoms with Crippen LogP contribution in [0.1, 0.15) is 40.9 Å². The Morgan fingerprint density at radius 2 is 1.95 bits per heavy atom. The van der Waals surface area contributed by atoms with E-state index in [1.807, 2.05) is 35.6 Å². The Labute approximate surface area is 130 Å². The molecule has 0 spiro atoms. The fraction of sp³-hybridized carbons (Fsp3) is 0.353. The molecule has 2 N–H and O–H groups in total. The fourth-order valence-corrected chi connectivity index (χ4v) is 2.99. The molecule has 0 atom stereocenters. The van der Waals surface area contributed by atoms with Gasteiger partial charge in [-0.15, -0.1) is 11.3 Å². The van der Waals surface area contributed by atoms with Crippen LogP contribution in [0, 0.1) is 0 Å². The number of thiophene rings is 1. The van der Waals surface area contributed by atoms with Gasteiger partial charge in [-0.2, -0.15) is 0 Å². The lowest BCUT2D eigenvalue weighted by molar-refractivity contribution is 0.0963. The molecule has 3 nitrogen and oxygen atoms in total. The number of rotatable bonds is 4. The number of anilines is 1. The van der Waals surface area contributed by atoms with Crippen LogP contribution >= 0.6 is 11.3 Å². The van der Waals surface area contributed by atoms with Gasteiger partial charge in [0.2, 0.25) is 0 Å². The molecule has 112 valence electrons. The van der Waals surface area contributed by atoms with Crippen molar-refractivity contribution >= 4 is 22.9 Å². The lowest BCUT2D eigenvalue weighted by atomic mass is 9.95. The third-order valence-corrected chi connectivity index (χ3v) is 4.73. The van der Waals surface area contributed by atoms with E-state index >= 15 is 0 Å².